The van der Waals surface area contributed by atoms with E-state index in [1.165, 1.54) is 0 Å². The van der Waals surface area contributed by atoms with E-state index < -0.39 is 0 Å². The molecule has 0 aliphatic carbocycles. The Morgan fingerprint density at radius 1 is 1.29 bits per heavy atom. The van der Waals surface area contributed by atoms with Crippen LogP contribution < -0.4 is 27.3 Å². The molecule has 3 atom stereocenters. The average molecular weight is 234 g/mol. The number of hydrogen-bond donors (Lipinski definition) is 5. The summed E-state index contributed by atoms with van der Waals surface area (Å²) in [6, 6.07) is 10.1. The zero-order valence-corrected chi connectivity index (χ0v) is 9.56. The van der Waals surface area contributed by atoms with Crippen LogP contribution in [0.25, 0.3) is 0 Å². The van der Waals surface area contributed by atoms with Gasteiger partial charge in [-0.25, -0.2) is 5.43 Å². The summed E-state index contributed by atoms with van der Waals surface area (Å²) < 4.78 is 0. The molecular weight excluding hydrogens is 216 g/mol. The number of nitrogens with one attached hydrogen (secondary N) is 4. The van der Waals surface area contributed by atoms with E-state index in [1.807, 2.05) is 35.3 Å². The minimum atomic E-state index is -0.0102. The number of anilines is 1. The monoisotopic (exact) mass is 234 g/mol. The predicted molar refractivity (Wildman–Crippen MR) is 66.3 cm³/mol. The van der Waals surface area contributed by atoms with Gasteiger partial charge in [-0.3, -0.25) is 10.7 Å². The van der Waals surface area contributed by atoms with E-state index in [0.29, 0.717) is 12.6 Å². The number of hydrogen-bond acceptors (Lipinski definition) is 6. The van der Waals surface area contributed by atoms with Gasteiger partial charge < -0.3 is 11.2 Å². The molecule has 0 amide bonds. The molecule has 6 nitrogen and oxygen atoms in total. The van der Waals surface area contributed by atoms with Crippen LogP contribution in [-0.2, 0) is 0 Å². The number of nitrogens with two attached hydrogens (primary N) is 1. The van der Waals surface area contributed by atoms with E-state index in [2.05, 4.69) is 21.6 Å². The van der Waals surface area contributed by atoms with Gasteiger partial charge in [-0.05, 0) is 12.1 Å². The van der Waals surface area contributed by atoms with Crippen LogP contribution in [0.5, 0.6) is 0 Å². The van der Waals surface area contributed by atoms with Crippen LogP contribution in [0.4, 0.5) is 5.69 Å². The lowest BCUT2D eigenvalue weighted by Crippen LogP contribution is -2.65. The minimum Gasteiger partial charge on any atom is -0.316 e. The van der Waals surface area contributed by atoms with Gasteiger partial charge in [0, 0.05) is 18.2 Å². The van der Waals surface area contributed by atoms with Gasteiger partial charge in [0.25, 0.3) is 0 Å². The first-order valence-corrected chi connectivity index (χ1v) is 5.90. The van der Waals surface area contributed by atoms with Crippen LogP contribution in [0.2, 0.25) is 0 Å². The topological polar surface area (TPSA) is 77.4 Å². The zero-order valence-electron chi connectivity index (χ0n) is 9.56. The molecule has 2 aliphatic heterocycles. The van der Waals surface area contributed by atoms with Gasteiger partial charge in [-0.2, -0.15) is 5.01 Å². The van der Waals surface area contributed by atoms with E-state index in [1.54, 1.807) is 0 Å². The number of para-hydroxylation sites is 1. The van der Waals surface area contributed by atoms with Crippen molar-refractivity contribution in [1.82, 2.24) is 21.2 Å². The molecule has 2 heterocycles. The second kappa shape index (κ2) is 4.59. The molecule has 0 bridgehead atoms. The molecule has 2 aliphatic rings. The highest BCUT2D eigenvalue weighted by Crippen LogP contribution is 2.18. The predicted octanol–water partition coefficient (Wildman–Crippen LogP) is -0.789. The van der Waals surface area contributed by atoms with Gasteiger partial charge >= 0.3 is 0 Å². The van der Waals surface area contributed by atoms with Gasteiger partial charge in [0.15, 0.2) is 0 Å². The molecule has 3 unspecified atom stereocenters. The van der Waals surface area contributed by atoms with Crippen LogP contribution in [-0.4, -0.2) is 30.6 Å². The van der Waals surface area contributed by atoms with Crippen LogP contribution in [0.3, 0.4) is 0 Å². The van der Waals surface area contributed by atoms with Crippen molar-refractivity contribution in [2.24, 2.45) is 11.7 Å². The smallest absolute Gasteiger partial charge is 0.0840 e. The first kappa shape index (κ1) is 10.9. The van der Waals surface area contributed by atoms with Crippen molar-refractivity contribution in [2.75, 3.05) is 18.6 Å². The second-order valence-corrected chi connectivity index (χ2v) is 4.47. The number of hydrazine groups is 2. The number of benzene rings is 1. The highest BCUT2D eigenvalue weighted by molar-refractivity contribution is 5.41. The van der Waals surface area contributed by atoms with Crippen molar-refractivity contribution in [3.05, 3.63) is 30.3 Å². The average Bonchev–Trinajstić information content (AvgIpc) is 2.83. The van der Waals surface area contributed by atoms with Crippen LogP contribution in [0.1, 0.15) is 0 Å². The summed E-state index contributed by atoms with van der Waals surface area (Å²) in [5.41, 5.74) is 17.0. The molecule has 92 valence electrons. The molecule has 3 rings (SSSR count). The quantitative estimate of drug-likeness (QED) is 0.462. The Morgan fingerprint density at radius 2 is 2.12 bits per heavy atom. The Kier molecular flexibility index (Phi) is 2.96. The fraction of sp³-hybridized carbons (Fsp3) is 0.455. The van der Waals surface area contributed by atoms with Gasteiger partial charge in [0.2, 0.25) is 0 Å². The Bertz CT molecular complexity index is 369. The lowest BCUT2D eigenvalue weighted by molar-refractivity contribution is 0.0945. The maximum atomic E-state index is 6.26. The third-order valence-corrected chi connectivity index (χ3v) is 3.35. The summed E-state index contributed by atoms with van der Waals surface area (Å²) in [4.78, 5) is 0. The standard InChI is InChI=1S/C11H18N6/c12-10-9-6-14-15-11(9)13-7-17(10)16-8-4-2-1-3-5-8/h1-5,9-11,13-16H,6-7,12H2. The molecule has 6 N–H and O–H groups in total. The Labute approximate surface area is 100 Å². The summed E-state index contributed by atoms with van der Waals surface area (Å²) in [5, 5.41) is 5.42. The van der Waals surface area contributed by atoms with Crippen molar-refractivity contribution in [3.63, 3.8) is 0 Å². The molecule has 0 aromatic heterocycles. The fourth-order valence-corrected chi connectivity index (χ4v) is 2.36. The molecule has 0 radical (unpaired) electrons. The minimum absolute atomic E-state index is 0.0102. The van der Waals surface area contributed by atoms with Gasteiger partial charge in [0.05, 0.1) is 19.0 Å². The molecule has 1 aromatic carbocycles. The maximum absolute atomic E-state index is 6.26. The van der Waals surface area contributed by atoms with E-state index in [-0.39, 0.29) is 12.3 Å². The highest BCUT2D eigenvalue weighted by Gasteiger charge is 2.38. The lowest BCUT2D eigenvalue weighted by Gasteiger charge is -2.40. The third kappa shape index (κ3) is 2.13. The molecule has 17 heavy (non-hydrogen) atoms. The normalized spacial score (nSPS) is 33.4. The summed E-state index contributed by atoms with van der Waals surface area (Å²) >= 11 is 0. The number of rotatable bonds is 2. The van der Waals surface area contributed by atoms with Crippen molar-refractivity contribution < 1.29 is 0 Å². The molecule has 6 heteroatoms. The largest absolute Gasteiger partial charge is 0.316 e. The van der Waals surface area contributed by atoms with Gasteiger partial charge in [-0.15, -0.1) is 0 Å². The van der Waals surface area contributed by atoms with E-state index in [9.17, 15) is 0 Å². The van der Waals surface area contributed by atoms with Crippen LogP contribution in [0, 0.1) is 5.92 Å². The van der Waals surface area contributed by atoms with Crippen LogP contribution in [0.15, 0.2) is 30.3 Å². The molecule has 0 spiro atoms. The van der Waals surface area contributed by atoms with Crippen molar-refractivity contribution in [1.29, 1.82) is 0 Å². The van der Waals surface area contributed by atoms with Gasteiger partial charge in [0.1, 0.15) is 0 Å². The molecule has 2 fully saturated rings. The summed E-state index contributed by atoms with van der Waals surface area (Å²) in [6.45, 7) is 1.59. The molecule has 1 aromatic rings. The summed E-state index contributed by atoms with van der Waals surface area (Å²) in [7, 11) is 0. The molecule has 0 saturated carbocycles. The first-order chi connectivity index (χ1) is 8.34. The Hall–Kier alpha value is -1.18. The Morgan fingerprint density at radius 3 is 2.94 bits per heavy atom. The highest BCUT2D eigenvalue weighted by atomic mass is 15.6. The van der Waals surface area contributed by atoms with Crippen molar-refractivity contribution in [3.8, 4) is 0 Å². The van der Waals surface area contributed by atoms with E-state index in [0.717, 1.165) is 12.2 Å². The third-order valence-electron chi connectivity index (χ3n) is 3.35. The summed E-state index contributed by atoms with van der Waals surface area (Å²) in [6.07, 6.45) is 0.253. The van der Waals surface area contributed by atoms with Crippen molar-refractivity contribution in [2.45, 2.75) is 12.3 Å². The first-order valence-electron chi connectivity index (χ1n) is 5.90. The van der Waals surface area contributed by atoms with Gasteiger partial charge in [-0.1, -0.05) is 18.2 Å². The number of fused-ring (bicyclic) bond motifs is 1. The molecule has 2 saturated heterocycles. The fourth-order valence-electron chi connectivity index (χ4n) is 2.36. The summed E-state index contributed by atoms with van der Waals surface area (Å²) in [5.74, 6) is 0.361. The SMILES string of the molecule is NC1C2CNNC2NCN1Nc1ccccc1. The van der Waals surface area contributed by atoms with E-state index in [4.69, 9.17) is 5.73 Å². The second-order valence-electron chi connectivity index (χ2n) is 4.47. The lowest BCUT2D eigenvalue weighted by atomic mass is 10.0. The zero-order chi connectivity index (χ0) is 11.7. The Balaban J connectivity index is 1.68. The van der Waals surface area contributed by atoms with Crippen LogP contribution >= 0.6 is 0 Å². The molecular formula is C11H18N6. The number of nitrogens with zero attached hydrogens (tertiary/aromatic N) is 1. The maximum Gasteiger partial charge on any atom is 0.0840 e. The van der Waals surface area contributed by atoms with E-state index >= 15 is 0 Å². The van der Waals surface area contributed by atoms with Crippen molar-refractivity contribution >= 4 is 5.69 Å².